The van der Waals surface area contributed by atoms with Crippen molar-refractivity contribution in [2.24, 2.45) is 5.92 Å². The Morgan fingerprint density at radius 3 is 1.82 bits per heavy atom. The van der Waals surface area contributed by atoms with Crippen LogP contribution in [0.3, 0.4) is 0 Å². The van der Waals surface area contributed by atoms with Crippen molar-refractivity contribution in [1.82, 2.24) is 0 Å². The lowest BCUT2D eigenvalue weighted by atomic mass is 9.75. The fourth-order valence-corrected chi connectivity index (χ4v) is 5.85. The highest BCUT2D eigenvalue weighted by Gasteiger charge is 2.50. The van der Waals surface area contributed by atoms with Gasteiger partial charge in [-0.25, -0.2) is 0 Å². The van der Waals surface area contributed by atoms with E-state index in [-0.39, 0.29) is 24.0 Å². The van der Waals surface area contributed by atoms with Crippen molar-refractivity contribution in [3.63, 3.8) is 0 Å². The second kappa shape index (κ2) is 8.43. The zero-order chi connectivity index (χ0) is 19.2. The summed E-state index contributed by atoms with van der Waals surface area (Å²) in [7, 11) is 4.75. The molecule has 2 aliphatic rings. The Balaban J connectivity index is 0.00000225. The molecule has 5 heteroatoms. The number of hydrogen-bond donors (Lipinski definition) is 1. The molecule has 2 aromatic rings. The predicted octanol–water partition coefficient (Wildman–Crippen LogP) is 2.64. The highest BCUT2D eigenvalue weighted by Crippen LogP contribution is 2.47. The minimum Gasteiger partial charge on any atom is -1.00 e. The van der Waals surface area contributed by atoms with Crippen LogP contribution >= 0.6 is 23.2 Å². The molecular formula is C23H28Cl2INO. The molecule has 0 amide bonds. The van der Waals surface area contributed by atoms with Crippen molar-refractivity contribution in [3.05, 3.63) is 69.7 Å². The standard InChI is InChI=1S/C23H28Cl2NO.HI/c1-26(2)21-9-10-22(26)12-16(11-21)15-23(27,17-5-3-7-19(24)13-17)18-6-4-8-20(25)14-18;/h3-8,13-14,16,21-22,27H,9-12,15H2,1-2H3;1H/q+1;/p-1/t16?,21-,22+;. The Bertz CT molecular complexity index is 779. The molecule has 28 heavy (non-hydrogen) atoms. The van der Waals surface area contributed by atoms with Crippen molar-refractivity contribution in [2.75, 3.05) is 14.1 Å². The van der Waals surface area contributed by atoms with E-state index in [1.54, 1.807) is 0 Å². The van der Waals surface area contributed by atoms with Crippen LogP contribution in [0.4, 0.5) is 0 Å². The van der Waals surface area contributed by atoms with Crippen LogP contribution in [0.2, 0.25) is 10.0 Å². The van der Waals surface area contributed by atoms with Gasteiger partial charge in [0, 0.05) is 35.7 Å². The van der Waals surface area contributed by atoms with E-state index in [1.807, 2.05) is 48.5 Å². The Morgan fingerprint density at radius 2 is 1.39 bits per heavy atom. The summed E-state index contributed by atoms with van der Waals surface area (Å²) in [5.74, 6) is 0.497. The molecule has 0 radical (unpaired) electrons. The first-order valence-corrected chi connectivity index (χ1v) is 10.6. The predicted molar refractivity (Wildman–Crippen MR) is 112 cm³/mol. The molecule has 2 aliphatic heterocycles. The van der Waals surface area contributed by atoms with Gasteiger partial charge in [0.1, 0.15) is 5.60 Å². The monoisotopic (exact) mass is 531 g/mol. The van der Waals surface area contributed by atoms with Crippen LogP contribution in [0, 0.1) is 5.92 Å². The molecule has 2 bridgehead atoms. The number of quaternary nitrogens is 1. The molecule has 0 spiro atoms. The average molecular weight is 532 g/mol. The highest BCUT2D eigenvalue weighted by atomic mass is 127. The zero-order valence-electron chi connectivity index (χ0n) is 16.4. The molecule has 2 heterocycles. The maximum absolute atomic E-state index is 12.0. The van der Waals surface area contributed by atoms with Crippen molar-refractivity contribution in [2.45, 2.75) is 49.8 Å². The van der Waals surface area contributed by atoms with E-state index in [4.69, 9.17) is 23.2 Å². The van der Waals surface area contributed by atoms with Crippen molar-refractivity contribution in [3.8, 4) is 0 Å². The molecule has 0 aliphatic carbocycles. The smallest absolute Gasteiger partial charge is 0.115 e. The van der Waals surface area contributed by atoms with Crippen LogP contribution in [-0.4, -0.2) is 35.8 Å². The molecular weight excluding hydrogens is 504 g/mol. The van der Waals surface area contributed by atoms with E-state index in [2.05, 4.69) is 14.1 Å². The van der Waals surface area contributed by atoms with E-state index < -0.39 is 5.60 Å². The largest absolute Gasteiger partial charge is 1.00 e. The van der Waals surface area contributed by atoms with Gasteiger partial charge in [-0.1, -0.05) is 47.5 Å². The molecule has 152 valence electrons. The summed E-state index contributed by atoms with van der Waals surface area (Å²) in [5, 5.41) is 13.3. The van der Waals surface area contributed by atoms with Crippen molar-refractivity contribution >= 4 is 23.2 Å². The third-order valence-electron chi connectivity index (χ3n) is 7.11. The van der Waals surface area contributed by atoms with Gasteiger partial charge in [-0.2, -0.15) is 0 Å². The first-order valence-electron chi connectivity index (χ1n) is 9.87. The van der Waals surface area contributed by atoms with Gasteiger partial charge in [-0.3, -0.25) is 0 Å². The lowest BCUT2D eigenvalue weighted by Gasteiger charge is -2.46. The number of aliphatic hydroxyl groups is 1. The minimum atomic E-state index is -1.08. The number of piperidine rings is 1. The quantitative estimate of drug-likeness (QED) is 0.475. The highest BCUT2D eigenvalue weighted by molar-refractivity contribution is 6.31. The average Bonchev–Trinajstić information content (AvgIpc) is 2.79. The summed E-state index contributed by atoms with van der Waals surface area (Å²) in [6, 6.07) is 16.7. The Morgan fingerprint density at radius 1 is 0.929 bits per heavy atom. The summed E-state index contributed by atoms with van der Waals surface area (Å²) in [6.45, 7) is 0. The Hall–Kier alpha value is -0.330. The van der Waals surface area contributed by atoms with E-state index in [1.165, 1.54) is 25.7 Å². The maximum Gasteiger partial charge on any atom is 0.115 e. The third-order valence-corrected chi connectivity index (χ3v) is 7.58. The molecule has 2 saturated heterocycles. The van der Waals surface area contributed by atoms with Crippen molar-refractivity contribution in [1.29, 1.82) is 0 Å². The van der Waals surface area contributed by atoms with Crippen LogP contribution < -0.4 is 24.0 Å². The molecule has 2 aromatic carbocycles. The normalized spacial score (nSPS) is 26.0. The second-order valence-corrected chi connectivity index (χ2v) is 9.81. The second-order valence-electron chi connectivity index (χ2n) is 8.94. The van der Waals surface area contributed by atoms with Gasteiger partial charge in [0.05, 0.1) is 26.2 Å². The Kier molecular flexibility index (Phi) is 6.73. The summed E-state index contributed by atoms with van der Waals surface area (Å²) >= 11 is 12.5. The molecule has 4 rings (SSSR count). The van der Waals surface area contributed by atoms with E-state index in [0.29, 0.717) is 34.5 Å². The van der Waals surface area contributed by atoms with E-state index >= 15 is 0 Å². The van der Waals surface area contributed by atoms with Gasteiger partial charge in [0.25, 0.3) is 0 Å². The molecule has 1 N–H and O–H groups in total. The molecule has 2 fully saturated rings. The number of benzene rings is 2. The molecule has 2 nitrogen and oxygen atoms in total. The first-order chi connectivity index (χ1) is 12.8. The maximum atomic E-state index is 12.0. The van der Waals surface area contributed by atoms with Crippen LogP contribution in [-0.2, 0) is 5.60 Å². The fraction of sp³-hybridized carbons (Fsp3) is 0.478. The Labute approximate surface area is 195 Å². The van der Waals surface area contributed by atoms with E-state index in [9.17, 15) is 5.11 Å². The van der Waals surface area contributed by atoms with Gasteiger partial charge >= 0.3 is 0 Å². The third kappa shape index (κ3) is 4.11. The van der Waals surface area contributed by atoms with Crippen LogP contribution in [0.5, 0.6) is 0 Å². The molecule has 3 atom stereocenters. The summed E-state index contributed by atoms with van der Waals surface area (Å²) < 4.78 is 1.14. The molecule has 0 saturated carbocycles. The number of rotatable bonds is 4. The lowest BCUT2D eigenvalue weighted by molar-refractivity contribution is -0.931. The summed E-state index contributed by atoms with van der Waals surface area (Å²) in [4.78, 5) is 0. The van der Waals surface area contributed by atoms with Gasteiger partial charge < -0.3 is 33.6 Å². The number of hydrogen-bond acceptors (Lipinski definition) is 1. The van der Waals surface area contributed by atoms with E-state index in [0.717, 1.165) is 15.6 Å². The lowest BCUT2D eigenvalue weighted by Crippen LogP contribution is -3.00. The molecule has 1 unspecified atom stereocenters. The van der Waals surface area contributed by atoms with Crippen LogP contribution in [0.15, 0.2) is 48.5 Å². The molecule has 0 aromatic heterocycles. The van der Waals surface area contributed by atoms with Gasteiger partial charge in [0.2, 0.25) is 0 Å². The van der Waals surface area contributed by atoms with Crippen molar-refractivity contribution < 1.29 is 33.6 Å². The number of halogens is 3. The number of fused-ring (bicyclic) bond motifs is 2. The van der Waals surface area contributed by atoms with Crippen LogP contribution in [0.25, 0.3) is 0 Å². The van der Waals surface area contributed by atoms with Gasteiger partial charge in [-0.15, -0.1) is 0 Å². The SMILES string of the molecule is C[N+]1(C)[C@@H]2CC[C@H]1CC(CC(O)(c1cccc(Cl)c1)c1cccc(Cl)c1)C2.[I-]. The first kappa shape index (κ1) is 22.4. The fourth-order valence-electron chi connectivity index (χ4n) is 5.47. The summed E-state index contributed by atoms with van der Waals surface area (Å²) in [5.41, 5.74) is 0.627. The van der Waals surface area contributed by atoms with Gasteiger partial charge in [-0.05, 0) is 47.7 Å². The summed E-state index contributed by atoms with van der Waals surface area (Å²) in [6.07, 6.45) is 5.67. The van der Waals surface area contributed by atoms with Gasteiger partial charge in [0.15, 0.2) is 0 Å². The van der Waals surface area contributed by atoms with Crippen LogP contribution in [0.1, 0.15) is 43.2 Å². The topological polar surface area (TPSA) is 20.2 Å². The number of nitrogens with zero attached hydrogens (tertiary/aromatic N) is 1. The zero-order valence-corrected chi connectivity index (χ0v) is 20.1. The minimum absolute atomic E-state index is 0.